The molecule has 0 saturated heterocycles. The Morgan fingerprint density at radius 1 is 1.52 bits per heavy atom. The summed E-state index contributed by atoms with van der Waals surface area (Å²) in [5.41, 5.74) is 1.52. The molecule has 1 heterocycles. The number of hydrogen-bond donors (Lipinski definition) is 1. The molecule has 2 aromatic rings. The first-order valence-electron chi connectivity index (χ1n) is 6.39. The first kappa shape index (κ1) is 15.3. The molecule has 0 spiro atoms. The zero-order valence-corrected chi connectivity index (χ0v) is 13.3. The Morgan fingerprint density at radius 3 is 3.05 bits per heavy atom. The van der Waals surface area contributed by atoms with Crippen molar-refractivity contribution in [3.8, 4) is 5.75 Å². The highest BCUT2D eigenvalue weighted by Crippen LogP contribution is 2.18. The summed E-state index contributed by atoms with van der Waals surface area (Å²) in [6, 6.07) is 7.73. The molecule has 0 aliphatic heterocycles. The third-order valence-corrected chi connectivity index (χ3v) is 3.67. The van der Waals surface area contributed by atoms with Gasteiger partial charge in [-0.1, -0.05) is 18.2 Å². The van der Waals surface area contributed by atoms with Crippen molar-refractivity contribution < 1.29 is 4.74 Å². The zero-order chi connectivity index (χ0) is 15.2. The Hall–Kier alpha value is -2.08. The van der Waals surface area contributed by atoms with E-state index in [4.69, 9.17) is 4.74 Å². The molecule has 0 radical (unpaired) electrons. The standard InChI is InChI=1S/C15H16BrN3O2/c1-3-7-19-15(20)14(16)13(10-18-19)17-9-11-5-4-6-12(8-11)21-2/h3-6,8,10,17H,1,7,9H2,2H3. The number of methoxy groups -OCH3 is 1. The second-order valence-corrected chi connectivity index (χ2v) is 5.15. The number of allylic oxidation sites excluding steroid dienone is 1. The van der Waals surface area contributed by atoms with Gasteiger partial charge < -0.3 is 10.1 Å². The summed E-state index contributed by atoms with van der Waals surface area (Å²) in [5, 5.41) is 7.28. The highest BCUT2D eigenvalue weighted by Gasteiger charge is 2.08. The van der Waals surface area contributed by atoms with Gasteiger partial charge in [-0.2, -0.15) is 5.10 Å². The largest absolute Gasteiger partial charge is 0.497 e. The number of benzene rings is 1. The van der Waals surface area contributed by atoms with Crippen LogP contribution in [0.15, 0.2) is 52.4 Å². The fourth-order valence-corrected chi connectivity index (χ4v) is 2.27. The van der Waals surface area contributed by atoms with Crippen LogP contribution in [0.3, 0.4) is 0 Å². The van der Waals surface area contributed by atoms with E-state index in [-0.39, 0.29) is 5.56 Å². The third-order valence-electron chi connectivity index (χ3n) is 2.90. The van der Waals surface area contributed by atoms with Crippen LogP contribution in [0.4, 0.5) is 5.69 Å². The first-order valence-corrected chi connectivity index (χ1v) is 7.18. The SMILES string of the molecule is C=CCn1ncc(NCc2cccc(OC)c2)c(Br)c1=O. The Labute approximate surface area is 131 Å². The van der Waals surface area contributed by atoms with Gasteiger partial charge in [-0.15, -0.1) is 6.58 Å². The molecule has 0 unspecified atom stereocenters. The summed E-state index contributed by atoms with van der Waals surface area (Å²) < 4.78 is 6.98. The molecular formula is C15H16BrN3O2. The second kappa shape index (κ2) is 7.08. The summed E-state index contributed by atoms with van der Waals surface area (Å²) in [7, 11) is 1.63. The monoisotopic (exact) mass is 349 g/mol. The molecule has 5 nitrogen and oxygen atoms in total. The molecule has 0 atom stereocenters. The molecule has 0 saturated carbocycles. The van der Waals surface area contributed by atoms with Gasteiger partial charge in [0.25, 0.3) is 5.56 Å². The van der Waals surface area contributed by atoms with E-state index < -0.39 is 0 Å². The van der Waals surface area contributed by atoms with Crippen LogP contribution < -0.4 is 15.6 Å². The number of anilines is 1. The average Bonchev–Trinajstić information content (AvgIpc) is 2.51. The van der Waals surface area contributed by atoms with Crippen molar-refractivity contribution in [3.05, 3.63) is 63.5 Å². The van der Waals surface area contributed by atoms with E-state index in [1.54, 1.807) is 19.4 Å². The van der Waals surface area contributed by atoms with Crippen LogP contribution in [0.5, 0.6) is 5.75 Å². The van der Waals surface area contributed by atoms with E-state index in [0.29, 0.717) is 23.2 Å². The quantitative estimate of drug-likeness (QED) is 0.814. The number of halogens is 1. The van der Waals surface area contributed by atoms with Crippen molar-refractivity contribution in [3.63, 3.8) is 0 Å². The second-order valence-electron chi connectivity index (χ2n) is 4.35. The molecule has 0 bridgehead atoms. The van der Waals surface area contributed by atoms with Crippen molar-refractivity contribution in [2.24, 2.45) is 0 Å². The van der Waals surface area contributed by atoms with Gasteiger partial charge in [0.1, 0.15) is 10.2 Å². The number of aromatic nitrogens is 2. The number of nitrogens with one attached hydrogen (secondary N) is 1. The summed E-state index contributed by atoms with van der Waals surface area (Å²) in [4.78, 5) is 12.0. The van der Waals surface area contributed by atoms with E-state index >= 15 is 0 Å². The lowest BCUT2D eigenvalue weighted by molar-refractivity contribution is 0.414. The van der Waals surface area contributed by atoms with Gasteiger partial charge in [0.2, 0.25) is 0 Å². The van der Waals surface area contributed by atoms with Gasteiger partial charge >= 0.3 is 0 Å². The van der Waals surface area contributed by atoms with Crippen LogP contribution >= 0.6 is 15.9 Å². The molecule has 0 aliphatic carbocycles. The molecule has 2 rings (SSSR count). The summed E-state index contributed by atoms with van der Waals surface area (Å²) >= 11 is 3.31. The molecular weight excluding hydrogens is 334 g/mol. The first-order chi connectivity index (χ1) is 10.2. The molecule has 1 aromatic heterocycles. The van der Waals surface area contributed by atoms with Crippen LogP contribution in [0, 0.1) is 0 Å². The molecule has 21 heavy (non-hydrogen) atoms. The fourth-order valence-electron chi connectivity index (χ4n) is 1.82. The maximum absolute atomic E-state index is 12.0. The van der Waals surface area contributed by atoms with Gasteiger partial charge in [-0.3, -0.25) is 4.79 Å². The molecule has 0 aliphatic rings. The number of hydrogen-bond acceptors (Lipinski definition) is 4. The maximum Gasteiger partial charge on any atom is 0.283 e. The Kier molecular flexibility index (Phi) is 5.16. The van der Waals surface area contributed by atoms with E-state index in [0.717, 1.165) is 11.3 Å². The smallest absolute Gasteiger partial charge is 0.283 e. The van der Waals surface area contributed by atoms with E-state index in [1.165, 1.54) is 4.68 Å². The summed E-state index contributed by atoms with van der Waals surface area (Å²) in [6.07, 6.45) is 3.25. The minimum Gasteiger partial charge on any atom is -0.497 e. The van der Waals surface area contributed by atoms with Crippen molar-refractivity contribution in [2.75, 3.05) is 12.4 Å². The van der Waals surface area contributed by atoms with E-state index in [1.807, 2.05) is 24.3 Å². The molecule has 1 aromatic carbocycles. The van der Waals surface area contributed by atoms with Crippen LogP contribution in [-0.2, 0) is 13.1 Å². The van der Waals surface area contributed by atoms with Gasteiger partial charge in [-0.05, 0) is 33.6 Å². The minimum atomic E-state index is -0.189. The molecule has 0 fully saturated rings. The highest BCUT2D eigenvalue weighted by molar-refractivity contribution is 9.10. The van der Waals surface area contributed by atoms with Crippen molar-refractivity contribution in [2.45, 2.75) is 13.1 Å². The van der Waals surface area contributed by atoms with E-state index in [2.05, 4.69) is 32.9 Å². The predicted molar refractivity (Wildman–Crippen MR) is 86.7 cm³/mol. The highest BCUT2D eigenvalue weighted by atomic mass is 79.9. The van der Waals surface area contributed by atoms with Crippen LogP contribution in [0.25, 0.3) is 0 Å². The summed E-state index contributed by atoms with van der Waals surface area (Å²) in [6.45, 7) is 4.55. The van der Waals surface area contributed by atoms with Crippen molar-refractivity contribution in [1.82, 2.24) is 9.78 Å². The fraction of sp³-hybridized carbons (Fsp3) is 0.200. The van der Waals surface area contributed by atoms with Gasteiger partial charge in [-0.25, -0.2) is 4.68 Å². The maximum atomic E-state index is 12.0. The zero-order valence-electron chi connectivity index (χ0n) is 11.7. The lowest BCUT2D eigenvalue weighted by atomic mass is 10.2. The lowest BCUT2D eigenvalue weighted by Crippen LogP contribution is -2.23. The van der Waals surface area contributed by atoms with Gasteiger partial charge in [0.15, 0.2) is 0 Å². The molecule has 6 heteroatoms. The average molecular weight is 350 g/mol. The van der Waals surface area contributed by atoms with Crippen molar-refractivity contribution in [1.29, 1.82) is 0 Å². The number of rotatable bonds is 6. The van der Waals surface area contributed by atoms with E-state index in [9.17, 15) is 4.79 Å². The number of ether oxygens (including phenoxy) is 1. The Bertz CT molecular complexity index is 698. The Balaban J connectivity index is 2.14. The third kappa shape index (κ3) is 3.72. The predicted octanol–water partition coefficient (Wildman–Crippen LogP) is 2.81. The van der Waals surface area contributed by atoms with Crippen LogP contribution in [-0.4, -0.2) is 16.9 Å². The summed E-state index contributed by atoms with van der Waals surface area (Å²) in [5.74, 6) is 0.799. The van der Waals surface area contributed by atoms with Crippen molar-refractivity contribution >= 4 is 21.6 Å². The van der Waals surface area contributed by atoms with Crippen LogP contribution in [0.1, 0.15) is 5.56 Å². The Morgan fingerprint density at radius 2 is 2.33 bits per heavy atom. The minimum absolute atomic E-state index is 0.189. The van der Waals surface area contributed by atoms with Gasteiger partial charge in [0.05, 0.1) is 25.5 Å². The molecule has 1 N–H and O–H groups in total. The number of nitrogens with zero attached hydrogens (tertiary/aromatic N) is 2. The normalized spacial score (nSPS) is 10.2. The molecule has 110 valence electrons. The molecule has 0 amide bonds. The topological polar surface area (TPSA) is 56.1 Å². The van der Waals surface area contributed by atoms with Crippen LogP contribution in [0.2, 0.25) is 0 Å². The van der Waals surface area contributed by atoms with Gasteiger partial charge in [0, 0.05) is 6.54 Å². The lowest BCUT2D eigenvalue weighted by Gasteiger charge is -2.10.